The first-order valence-electron chi connectivity index (χ1n) is 6.80. The van der Waals surface area contributed by atoms with E-state index in [1.54, 1.807) is 32.9 Å². The van der Waals surface area contributed by atoms with Gasteiger partial charge in [-0.2, -0.15) is 0 Å². The molecule has 118 valence electrons. The molecular formula is C15H22FNO4. The van der Waals surface area contributed by atoms with Crippen LogP contribution in [0.5, 0.6) is 0 Å². The summed E-state index contributed by atoms with van der Waals surface area (Å²) in [6, 6.07) is 5.64. The van der Waals surface area contributed by atoms with Crippen LogP contribution < -0.4 is 0 Å². The SMILES string of the molecule is CCC(OCOC)(c1ccccc1F)N(C(=O)O)C(C)C. The van der Waals surface area contributed by atoms with Gasteiger partial charge in [-0.15, -0.1) is 0 Å². The smallest absolute Gasteiger partial charge is 0.410 e. The van der Waals surface area contributed by atoms with Gasteiger partial charge in [0.05, 0.1) is 0 Å². The first kappa shape index (κ1) is 17.4. The summed E-state index contributed by atoms with van der Waals surface area (Å²) in [6.45, 7) is 5.05. The highest BCUT2D eigenvalue weighted by Gasteiger charge is 2.44. The highest BCUT2D eigenvalue weighted by molar-refractivity contribution is 5.66. The fraction of sp³-hybridized carbons (Fsp3) is 0.533. The average molecular weight is 299 g/mol. The van der Waals surface area contributed by atoms with Crippen molar-refractivity contribution in [3.63, 3.8) is 0 Å². The predicted molar refractivity (Wildman–Crippen MR) is 76.3 cm³/mol. The van der Waals surface area contributed by atoms with Gasteiger partial charge in [-0.1, -0.05) is 25.1 Å². The largest absolute Gasteiger partial charge is 0.465 e. The van der Waals surface area contributed by atoms with E-state index in [9.17, 15) is 14.3 Å². The maximum Gasteiger partial charge on any atom is 0.410 e. The number of ether oxygens (including phenoxy) is 2. The standard InChI is InChI=1S/C15H22FNO4/c1-5-15(21-10-20-4,17(11(2)3)14(18)19)12-8-6-7-9-13(12)16/h6-9,11H,5,10H2,1-4H3,(H,18,19). The number of carboxylic acid groups (broad SMARTS) is 1. The van der Waals surface area contributed by atoms with Gasteiger partial charge >= 0.3 is 6.09 Å². The van der Waals surface area contributed by atoms with Crippen molar-refractivity contribution in [3.05, 3.63) is 35.6 Å². The van der Waals surface area contributed by atoms with Crippen LogP contribution in [-0.2, 0) is 15.2 Å². The van der Waals surface area contributed by atoms with Crippen LogP contribution in [0.2, 0.25) is 0 Å². The van der Waals surface area contributed by atoms with Crippen LogP contribution in [0.1, 0.15) is 32.8 Å². The van der Waals surface area contributed by atoms with Crippen LogP contribution in [0.15, 0.2) is 24.3 Å². The minimum Gasteiger partial charge on any atom is -0.465 e. The van der Waals surface area contributed by atoms with Gasteiger partial charge in [-0.25, -0.2) is 9.18 Å². The Labute approximate surface area is 124 Å². The summed E-state index contributed by atoms with van der Waals surface area (Å²) in [5.74, 6) is -0.512. The fourth-order valence-corrected chi connectivity index (χ4v) is 2.47. The molecule has 21 heavy (non-hydrogen) atoms. The molecule has 1 rings (SSSR count). The van der Waals surface area contributed by atoms with Crippen molar-refractivity contribution in [2.75, 3.05) is 13.9 Å². The fourth-order valence-electron chi connectivity index (χ4n) is 2.47. The van der Waals surface area contributed by atoms with E-state index in [0.29, 0.717) is 0 Å². The van der Waals surface area contributed by atoms with Gasteiger partial charge in [0.1, 0.15) is 12.6 Å². The van der Waals surface area contributed by atoms with Crippen molar-refractivity contribution in [3.8, 4) is 0 Å². The molecule has 5 nitrogen and oxygen atoms in total. The highest BCUT2D eigenvalue weighted by Crippen LogP contribution is 2.37. The first-order chi connectivity index (χ1) is 9.90. The van der Waals surface area contributed by atoms with E-state index >= 15 is 0 Å². The van der Waals surface area contributed by atoms with E-state index < -0.39 is 17.6 Å². The molecule has 1 aromatic carbocycles. The lowest BCUT2D eigenvalue weighted by Crippen LogP contribution is -2.54. The van der Waals surface area contributed by atoms with E-state index in [4.69, 9.17) is 9.47 Å². The van der Waals surface area contributed by atoms with Gasteiger partial charge in [-0.3, -0.25) is 4.90 Å². The van der Waals surface area contributed by atoms with Crippen LogP contribution >= 0.6 is 0 Å². The van der Waals surface area contributed by atoms with Crippen molar-refractivity contribution < 1.29 is 23.8 Å². The summed E-state index contributed by atoms with van der Waals surface area (Å²) in [5.41, 5.74) is -1.25. The molecule has 0 saturated carbocycles. The molecule has 1 unspecified atom stereocenters. The Morgan fingerprint density at radius 1 is 1.43 bits per heavy atom. The van der Waals surface area contributed by atoms with Crippen molar-refractivity contribution >= 4 is 6.09 Å². The Morgan fingerprint density at radius 3 is 2.48 bits per heavy atom. The van der Waals surface area contributed by atoms with E-state index in [1.165, 1.54) is 19.2 Å². The third kappa shape index (κ3) is 3.51. The maximum atomic E-state index is 14.2. The highest BCUT2D eigenvalue weighted by atomic mass is 19.1. The number of hydrogen-bond acceptors (Lipinski definition) is 3. The number of benzene rings is 1. The van der Waals surface area contributed by atoms with E-state index in [0.717, 1.165) is 4.90 Å². The second-order valence-electron chi connectivity index (χ2n) is 4.91. The quantitative estimate of drug-likeness (QED) is 0.784. The molecule has 0 spiro atoms. The maximum absolute atomic E-state index is 14.2. The monoisotopic (exact) mass is 299 g/mol. The molecule has 1 amide bonds. The van der Waals surface area contributed by atoms with Gasteiger partial charge in [0.2, 0.25) is 0 Å². The number of nitrogens with zero attached hydrogens (tertiary/aromatic N) is 1. The molecule has 0 fully saturated rings. The van der Waals surface area contributed by atoms with Gasteiger partial charge in [0.25, 0.3) is 0 Å². The van der Waals surface area contributed by atoms with Gasteiger partial charge < -0.3 is 14.6 Å². The van der Waals surface area contributed by atoms with E-state index in [-0.39, 0.29) is 24.8 Å². The number of methoxy groups -OCH3 is 1. The van der Waals surface area contributed by atoms with Crippen molar-refractivity contribution in [2.24, 2.45) is 0 Å². The predicted octanol–water partition coefficient (Wildman–Crippen LogP) is 3.40. The van der Waals surface area contributed by atoms with Crippen LogP contribution in [0.3, 0.4) is 0 Å². The van der Waals surface area contributed by atoms with Gasteiger partial charge in [0, 0.05) is 18.7 Å². The topological polar surface area (TPSA) is 59.0 Å². The molecule has 0 heterocycles. The minimum absolute atomic E-state index is 0.140. The zero-order valence-corrected chi connectivity index (χ0v) is 12.8. The van der Waals surface area contributed by atoms with Crippen molar-refractivity contribution in [1.29, 1.82) is 0 Å². The van der Waals surface area contributed by atoms with Crippen LogP contribution in [0.4, 0.5) is 9.18 Å². The average Bonchev–Trinajstić information content (AvgIpc) is 2.43. The van der Waals surface area contributed by atoms with Crippen LogP contribution in [0, 0.1) is 5.82 Å². The Bertz CT molecular complexity index is 480. The summed E-state index contributed by atoms with van der Waals surface area (Å²) in [6.07, 6.45) is -0.923. The van der Waals surface area contributed by atoms with Gasteiger partial charge in [0.15, 0.2) is 5.72 Å². The summed E-state index contributed by atoms with van der Waals surface area (Å²) in [5, 5.41) is 9.54. The Kier molecular flexibility index (Phi) is 6.11. The molecule has 0 bridgehead atoms. The van der Waals surface area contributed by atoms with E-state index in [1.807, 2.05) is 0 Å². The summed E-state index contributed by atoms with van der Waals surface area (Å²) >= 11 is 0. The number of halogens is 1. The lowest BCUT2D eigenvalue weighted by molar-refractivity contribution is -0.210. The van der Waals surface area contributed by atoms with E-state index in [2.05, 4.69) is 0 Å². The molecule has 1 atom stereocenters. The van der Waals surface area contributed by atoms with Crippen molar-refractivity contribution in [2.45, 2.75) is 39.0 Å². The number of hydrogen-bond donors (Lipinski definition) is 1. The second-order valence-corrected chi connectivity index (χ2v) is 4.91. The third-order valence-corrected chi connectivity index (χ3v) is 3.30. The number of carbonyl (C=O) groups is 1. The molecule has 0 radical (unpaired) electrons. The first-order valence-corrected chi connectivity index (χ1v) is 6.80. The molecule has 0 aliphatic heterocycles. The van der Waals surface area contributed by atoms with Crippen LogP contribution in [0.25, 0.3) is 0 Å². The summed E-state index contributed by atoms with van der Waals surface area (Å²) in [4.78, 5) is 12.8. The minimum atomic E-state index is -1.43. The summed E-state index contributed by atoms with van der Waals surface area (Å²) in [7, 11) is 1.43. The molecule has 0 saturated heterocycles. The molecule has 0 aliphatic rings. The molecular weight excluding hydrogens is 277 g/mol. The van der Waals surface area contributed by atoms with Crippen molar-refractivity contribution in [1.82, 2.24) is 4.90 Å². The normalized spacial score (nSPS) is 14.0. The number of rotatable bonds is 7. The zero-order chi connectivity index (χ0) is 16.0. The zero-order valence-electron chi connectivity index (χ0n) is 12.8. The molecule has 0 aliphatic carbocycles. The molecule has 6 heteroatoms. The third-order valence-electron chi connectivity index (χ3n) is 3.30. The summed E-state index contributed by atoms with van der Waals surface area (Å²) < 4.78 is 24.8. The Balaban J connectivity index is 3.46. The lowest BCUT2D eigenvalue weighted by atomic mass is 9.96. The number of amides is 1. The molecule has 0 aromatic heterocycles. The molecule has 1 N–H and O–H groups in total. The Hall–Kier alpha value is -1.66. The second kappa shape index (κ2) is 7.38. The molecule has 1 aromatic rings. The van der Waals surface area contributed by atoms with Crippen LogP contribution in [-0.4, -0.2) is 36.0 Å². The van der Waals surface area contributed by atoms with Gasteiger partial charge in [-0.05, 0) is 26.3 Å². The lowest BCUT2D eigenvalue weighted by Gasteiger charge is -2.43. The Morgan fingerprint density at radius 2 is 2.05 bits per heavy atom.